The highest BCUT2D eigenvalue weighted by Crippen LogP contribution is 2.15. The molecule has 0 aromatic carbocycles. The van der Waals surface area contributed by atoms with Crippen molar-refractivity contribution in [3.8, 4) is 0 Å². The molecule has 1 fully saturated rings. The molecule has 1 aliphatic rings. The number of hydrogen-bond acceptors (Lipinski definition) is 6. The van der Waals surface area contributed by atoms with Gasteiger partial charge < -0.3 is 21.3 Å². The molecule has 1 rings (SSSR count). The van der Waals surface area contributed by atoms with Gasteiger partial charge >= 0.3 is 0 Å². The summed E-state index contributed by atoms with van der Waals surface area (Å²) in [7, 11) is -3.62. The van der Waals surface area contributed by atoms with E-state index < -0.39 is 15.3 Å². The number of rotatable bonds is 9. The van der Waals surface area contributed by atoms with Crippen molar-refractivity contribution < 1.29 is 13.2 Å². The number of carbonyl (C=O) groups excluding carboxylic acids is 1. The van der Waals surface area contributed by atoms with Crippen LogP contribution in [0.25, 0.3) is 0 Å². The van der Waals surface area contributed by atoms with E-state index in [1.54, 1.807) is 0 Å². The standard InChI is InChI=1S/C10H23N5O3S/c11-1-2-13-3-4-14-5-6-15-8-9(7-10(15)16)19(12,17)18/h9,13-14H,1-8,11H2,(H2,12,17,18). The van der Waals surface area contributed by atoms with E-state index in [2.05, 4.69) is 10.6 Å². The van der Waals surface area contributed by atoms with Gasteiger partial charge in [-0.25, -0.2) is 13.6 Å². The molecule has 0 aromatic heterocycles. The van der Waals surface area contributed by atoms with Gasteiger partial charge in [-0.2, -0.15) is 0 Å². The van der Waals surface area contributed by atoms with Crippen LogP contribution in [-0.4, -0.2) is 70.3 Å². The molecule has 1 amide bonds. The monoisotopic (exact) mass is 293 g/mol. The second-order valence-electron chi connectivity index (χ2n) is 4.54. The Labute approximate surface area is 113 Å². The number of hydrogen-bond donors (Lipinski definition) is 4. The number of nitrogens with zero attached hydrogens (tertiary/aromatic N) is 1. The highest BCUT2D eigenvalue weighted by atomic mass is 32.2. The van der Waals surface area contributed by atoms with E-state index in [9.17, 15) is 13.2 Å². The maximum Gasteiger partial charge on any atom is 0.224 e. The zero-order valence-electron chi connectivity index (χ0n) is 11.0. The maximum absolute atomic E-state index is 11.6. The minimum absolute atomic E-state index is 0.00309. The summed E-state index contributed by atoms with van der Waals surface area (Å²) in [5.74, 6) is -0.151. The first kappa shape index (κ1) is 16.3. The Morgan fingerprint density at radius 1 is 1.21 bits per heavy atom. The predicted octanol–water partition coefficient (Wildman–Crippen LogP) is -2.99. The van der Waals surface area contributed by atoms with Crippen LogP contribution in [0.1, 0.15) is 6.42 Å². The lowest BCUT2D eigenvalue weighted by atomic mass is 10.4. The van der Waals surface area contributed by atoms with E-state index in [1.165, 1.54) is 4.90 Å². The molecule has 0 saturated carbocycles. The Morgan fingerprint density at radius 3 is 2.37 bits per heavy atom. The average Bonchev–Trinajstić information content (AvgIpc) is 2.70. The van der Waals surface area contributed by atoms with Gasteiger partial charge in [0.25, 0.3) is 0 Å². The van der Waals surface area contributed by atoms with Crippen molar-refractivity contribution in [3.05, 3.63) is 0 Å². The van der Waals surface area contributed by atoms with Gasteiger partial charge in [-0.15, -0.1) is 0 Å². The third-order valence-electron chi connectivity index (χ3n) is 3.00. The van der Waals surface area contributed by atoms with Gasteiger partial charge in [0, 0.05) is 52.2 Å². The molecule has 0 aromatic rings. The molecule has 1 saturated heterocycles. The summed E-state index contributed by atoms with van der Waals surface area (Å²) in [6, 6.07) is 0. The van der Waals surface area contributed by atoms with Crippen LogP contribution in [0.5, 0.6) is 0 Å². The quantitative estimate of drug-likeness (QED) is 0.335. The fraction of sp³-hybridized carbons (Fsp3) is 0.900. The van der Waals surface area contributed by atoms with Crippen molar-refractivity contribution in [2.75, 3.05) is 45.8 Å². The molecule has 0 radical (unpaired) electrons. The lowest BCUT2D eigenvalue weighted by molar-refractivity contribution is -0.127. The van der Waals surface area contributed by atoms with E-state index in [4.69, 9.17) is 10.9 Å². The summed E-state index contributed by atoms with van der Waals surface area (Å²) in [4.78, 5) is 13.1. The first-order valence-electron chi connectivity index (χ1n) is 6.36. The highest BCUT2D eigenvalue weighted by Gasteiger charge is 2.35. The van der Waals surface area contributed by atoms with Gasteiger partial charge in [0.1, 0.15) is 5.25 Å². The summed E-state index contributed by atoms with van der Waals surface area (Å²) in [5, 5.41) is 10.6. The topological polar surface area (TPSA) is 131 Å². The van der Waals surface area contributed by atoms with Crippen molar-refractivity contribution in [1.82, 2.24) is 15.5 Å². The zero-order valence-corrected chi connectivity index (χ0v) is 11.8. The smallest absolute Gasteiger partial charge is 0.224 e. The molecule has 1 heterocycles. The number of nitrogens with two attached hydrogens (primary N) is 2. The normalized spacial score (nSPS) is 20.2. The van der Waals surface area contributed by atoms with Crippen LogP contribution in [0.15, 0.2) is 0 Å². The molecule has 0 spiro atoms. The number of primary sulfonamides is 1. The van der Waals surface area contributed by atoms with E-state index >= 15 is 0 Å². The summed E-state index contributed by atoms with van der Waals surface area (Å²) in [6.45, 7) is 4.31. The van der Waals surface area contributed by atoms with E-state index in [1.807, 2.05) is 0 Å². The lowest BCUT2D eigenvalue weighted by Gasteiger charge is -2.16. The second kappa shape index (κ2) is 7.75. The third kappa shape index (κ3) is 5.83. The molecule has 0 aliphatic carbocycles. The summed E-state index contributed by atoms with van der Waals surface area (Å²) >= 11 is 0. The lowest BCUT2D eigenvalue weighted by Crippen LogP contribution is -2.37. The Morgan fingerprint density at radius 2 is 1.84 bits per heavy atom. The molecular formula is C10H23N5O3S. The Bertz CT molecular complexity index is 387. The van der Waals surface area contributed by atoms with Crippen molar-refractivity contribution in [3.63, 3.8) is 0 Å². The number of carbonyl (C=O) groups is 1. The zero-order chi connectivity index (χ0) is 14.3. The summed E-state index contributed by atoms with van der Waals surface area (Å²) in [5.41, 5.74) is 5.33. The third-order valence-corrected chi connectivity index (χ3v) is 4.25. The number of amides is 1. The minimum Gasteiger partial charge on any atom is -0.340 e. The SMILES string of the molecule is NCCNCCNCCN1CC(S(N)(=O)=O)CC1=O. The molecule has 0 bridgehead atoms. The van der Waals surface area contributed by atoms with Crippen molar-refractivity contribution in [2.45, 2.75) is 11.7 Å². The fourth-order valence-corrected chi connectivity index (χ4v) is 2.68. The molecule has 6 N–H and O–H groups in total. The largest absolute Gasteiger partial charge is 0.340 e. The summed E-state index contributed by atoms with van der Waals surface area (Å²) in [6.07, 6.45) is -0.00309. The van der Waals surface area contributed by atoms with Crippen LogP contribution in [0, 0.1) is 0 Å². The Kier molecular flexibility index (Phi) is 6.66. The van der Waals surface area contributed by atoms with Crippen molar-refractivity contribution >= 4 is 15.9 Å². The van der Waals surface area contributed by atoms with Crippen LogP contribution < -0.4 is 21.5 Å². The molecule has 9 heteroatoms. The van der Waals surface area contributed by atoms with Gasteiger partial charge in [0.15, 0.2) is 0 Å². The van der Waals surface area contributed by atoms with Gasteiger partial charge in [-0.3, -0.25) is 4.79 Å². The predicted molar refractivity (Wildman–Crippen MR) is 72.9 cm³/mol. The van der Waals surface area contributed by atoms with E-state index in [0.717, 1.165) is 19.6 Å². The molecule has 1 unspecified atom stereocenters. The molecule has 8 nitrogen and oxygen atoms in total. The summed E-state index contributed by atoms with van der Waals surface area (Å²) < 4.78 is 22.3. The van der Waals surface area contributed by atoms with Crippen molar-refractivity contribution in [1.29, 1.82) is 0 Å². The van der Waals surface area contributed by atoms with Crippen LogP contribution in [0.3, 0.4) is 0 Å². The molecule has 19 heavy (non-hydrogen) atoms. The molecule has 112 valence electrons. The van der Waals surface area contributed by atoms with Crippen LogP contribution in [0.4, 0.5) is 0 Å². The van der Waals surface area contributed by atoms with E-state index in [-0.39, 0.29) is 18.9 Å². The molecule has 1 atom stereocenters. The first-order chi connectivity index (χ1) is 8.95. The molecule has 1 aliphatic heterocycles. The molecular weight excluding hydrogens is 270 g/mol. The van der Waals surface area contributed by atoms with Gasteiger partial charge in [0.05, 0.1) is 0 Å². The maximum atomic E-state index is 11.6. The Hall–Kier alpha value is -0.740. The van der Waals surface area contributed by atoms with Gasteiger partial charge in [0.2, 0.25) is 15.9 Å². The fourth-order valence-electron chi connectivity index (χ4n) is 1.91. The van der Waals surface area contributed by atoms with Gasteiger partial charge in [-0.05, 0) is 0 Å². The van der Waals surface area contributed by atoms with Crippen molar-refractivity contribution in [2.24, 2.45) is 10.9 Å². The average molecular weight is 293 g/mol. The Balaban J connectivity index is 2.15. The van der Waals surface area contributed by atoms with E-state index in [0.29, 0.717) is 19.6 Å². The second-order valence-corrected chi connectivity index (χ2v) is 6.39. The number of nitrogens with one attached hydrogen (secondary N) is 2. The number of likely N-dealkylation sites (tertiary alicyclic amines) is 1. The number of sulfonamides is 1. The van der Waals surface area contributed by atoms with Crippen LogP contribution in [-0.2, 0) is 14.8 Å². The van der Waals surface area contributed by atoms with Crippen LogP contribution in [0.2, 0.25) is 0 Å². The minimum atomic E-state index is -3.62. The van der Waals surface area contributed by atoms with Gasteiger partial charge in [-0.1, -0.05) is 0 Å². The first-order valence-corrected chi connectivity index (χ1v) is 7.97. The highest BCUT2D eigenvalue weighted by molar-refractivity contribution is 7.89. The van der Waals surface area contributed by atoms with Crippen LogP contribution >= 0.6 is 0 Å².